The maximum Gasteiger partial charge on any atom is 0.269 e. The van der Waals surface area contributed by atoms with Crippen LogP contribution in [0.1, 0.15) is 51.5 Å². The van der Waals surface area contributed by atoms with Crippen LogP contribution in [0, 0.1) is 0 Å². The molecule has 3 aromatic rings. The van der Waals surface area contributed by atoms with E-state index in [1.54, 1.807) is 37.0 Å². The van der Waals surface area contributed by atoms with E-state index in [0.717, 1.165) is 11.1 Å². The van der Waals surface area contributed by atoms with Crippen molar-refractivity contribution >= 4 is 11.7 Å². The lowest BCUT2D eigenvalue weighted by atomic mass is 10.0. The van der Waals surface area contributed by atoms with Crippen LogP contribution in [-0.2, 0) is 19.4 Å². The summed E-state index contributed by atoms with van der Waals surface area (Å²) in [5, 5.41) is 16.7. The number of ketones is 1. The molecular weight excluding hydrogens is 380 g/mol. The number of rotatable bonds is 8. The van der Waals surface area contributed by atoms with Gasteiger partial charge < -0.3 is 10.4 Å². The van der Waals surface area contributed by atoms with E-state index in [4.69, 9.17) is 0 Å². The lowest BCUT2D eigenvalue weighted by Crippen LogP contribution is -2.26. The molecule has 0 aliphatic carbocycles. The van der Waals surface area contributed by atoms with Crippen LogP contribution >= 0.6 is 0 Å². The summed E-state index contributed by atoms with van der Waals surface area (Å²) in [6.07, 6.45) is 4.04. The van der Waals surface area contributed by atoms with Gasteiger partial charge in [-0.2, -0.15) is 5.10 Å². The first-order valence-corrected chi connectivity index (χ1v) is 9.77. The van der Waals surface area contributed by atoms with Gasteiger partial charge in [0.2, 0.25) is 0 Å². The van der Waals surface area contributed by atoms with Gasteiger partial charge in [-0.3, -0.25) is 14.3 Å². The molecule has 0 atom stereocenters. The third kappa shape index (κ3) is 5.84. The van der Waals surface area contributed by atoms with Crippen LogP contribution in [0.4, 0.5) is 0 Å². The lowest BCUT2D eigenvalue weighted by Gasteiger charge is -2.16. The van der Waals surface area contributed by atoms with Gasteiger partial charge in [-0.05, 0) is 37.1 Å². The van der Waals surface area contributed by atoms with Crippen molar-refractivity contribution in [2.75, 3.05) is 7.05 Å². The Bertz CT molecular complexity index is 1040. The normalized spacial score (nSPS) is 11.3. The Labute approximate surface area is 175 Å². The molecule has 0 saturated heterocycles. The molecule has 3 rings (SSSR count). The summed E-state index contributed by atoms with van der Waals surface area (Å²) in [6, 6.07) is 13.0. The smallest absolute Gasteiger partial charge is 0.269 e. The molecule has 0 aliphatic rings. The van der Waals surface area contributed by atoms with E-state index in [1.165, 1.54) is 13.1 Å². The average molecular weight is 406 g/mol. The van der Waals surface area contributed by atoms with E-state index in [2.05, 4.69) is 15.4 Å². The van der Waals surface area contributed by atoms with E-state index in [0.29, 0.717) is 24.2 Å². The second-order valence-electron chi connectivity index (χ2n) is 7.93. The molecule has 2 heterocycles. The maximum atomic E-state index is 12.9. The van der Waals surface area contributed by atoms with Crippen molar-refractivity contribution < 1.29 is 14.7 Å². The number of hydrogen-bond donors (Lipinski definition) is 2. The molecule has 0 aliphatic heterocycles. The Kier molecular flexibility index (Phi) is 6.42. The van der Waals surface area contributed by atoms with Crippen molar-refractivity contribution in [3.63, 3.8) is 0 Å². The molecule has 30 heavy (non-hydrogen) atoms. The molecule has 0 fully saturated rings. The van der Waals surface area contributed by atoms with E-state index < -0.39 is 5.60 Å². The molecule has 0 radical (unpaired) electrons. The summed E-state index contributed by atoms with van der Waals surface area (Å²) in [7, 11) is 1.53. The van der Waals surface area contributed by atoms with Crippen molar-refractivity contribution in [2.24, 2.45) is 0 Å². The molecule has 2 aromatic heterocycles. The first-order chi connectivity index (χ1) is 14.2. The standard InChI is InChI=1S/C23H26N4O3/c1-23(2,30)15-27-14-17(13-25-27)10-21(28)18-11-19(9-16-7-5-4-6-8-16)26-20(12-18)22(29)24-3/h4-8,11-14,30H,9-10,15H2,1-3H3,(H,24,29). The van der Waals surface area contributed by atoms with E-state index in [-0.39, 0.29) is 23.8 Å². The van der Waals surface area contributed by atoms with Gasteiger partial charge in [-0.1, -0.05) is 30.3 Å². The van der Waals surface area contributed by atoms with Gasteiger partial charge in [-0.15, -0.1) is 0 Å². The first-order valence-electron chi connectivity index (χ1n) is 9.77. The Balaban J connectivity index is 1.83. The number of amides is 1. The van der Waals surface area contributed by atoms with E-state index in [1.807, 2.05) is 30.3 Å². The minimum absolute atomic E-state index is 0.125. The zero-order chi connectivity index (χ0) is 21.7. The largest absolute Gasteiger partial charge is 0.389 e. The Morgan fingerprint density at radius 3 is 2.53 bits per heavy atom. The first kappa shape index (κ1) is 21.4. The van der Waals surface area contributed by atoms with Gasteiger partial charge in [0.25, 0.3) is 5.91 Å². The van der Waals surface area contributed by atoms with Crippen molar-refractivity contribution in [1.82, 2.24) is 20.1 Å². The molecule has 0 spiro atoms. The van der Waals surface area contributed by atoms with Gasteiger partial charge in [-0.25, -0.2) is 4.98 Å². The number of benzene rings is 1. The van der Waals surface area contributed by atoms with Gasteiger partial charge >= 0.3 is 0 Å². The molecule has 1 amide bonds. The topological polar surface area (TPSA) is 97.1 Å². The summed E-state index contributed by atoms with van der Waals surface area (Å²) < 4.78 is 1.62. The number of nitrogens with one attached hydrogen (secondary N) is 1. The summed E-state index contributed by atoms with van der Waals surface area (Å²) in [5.41, 5.74) is 2.20. The van der Waals surface area contributed by atoms with Crippen LogP contribution in [0.15, 0.2) is 54.9 Å². The molecule has 0 saturated carbocycles. The Hall–Kier alpha value is -3.32. The zero-order valence-corrected chi connectivity index (χ0v) is 17.4. The van der Waals surface area contributed by atoms with Crippen LogP contribution in [0.25, 0.3) is 0 Å². The number of aromatic nitrogens is 3. The van der Waals surface area contributed by atoms with Crippen LogP contribution in [0.3, 0.4) is 0 Å². The Morgan fingerprint density at radius 2 is 1.87 bits per heavy atom. The highest BCUT2D eigenvalue weighted by atomic mass is 16.3. The minimum Gasteiger partial charge on any atom is -0.389 e. The number of aliphatic hydroxyl groups is 1. The zero-order valence-electron chi connectivity index (χ0n) is 17.4. The molecule has 156 valence electrons. The fourth-order valence-corrected chi connectivity index (χ4v) is 3.16. The second-order valence-corrected chi connectivity index (χ2v) is 7.93. The van der Waals surface area contributed by atoms with Gasteiger partial charge in [0.05, 0.1) is 18.3 Å². The number of pyridine rings is 1. The van der Waals surface area contributed by atoms with Crippen molar-refractivity contribution in [2.45, 2.75) is 38.8 Å². The molecule has 0 bridgehead atoms. The van der Waals surface area contributed by atoms with Gasteiger partial charge in [0.1, 0.15) is 5.69 Å². The number of carbonyl (C=O) groups is 2. The van der Waals surface area contributed by atoms with Crippen molar-refractivity contribution in [3.8, 4) is 0 Å². The predicted molar refractivity (Wildman–Crippen MR) is 113 cm³/mol. The van der Waals surface area contributed by atoms with Crippen LogP contribution in [0.2, 0.25) is 0 Å². The van der Waals surface area contributed by atoms with Crippen LogP contribution < -0.4 is 5.32 Å². The molecule has 0 unspecified atom stereocenters. The summed E-state index contributed by atoms with van der Waals surface area (Å²) in [5.74, 6) is -0.461. The van der Waals surface area contributed by atoms with Crippen molar-refractivity contribution in [1.29, 1.82) is 0 Å². The maximum absolute atomic E-state index is 12.9. The number of carbonyl (C=O) groups excluding carboxylic acids is 2. The molecule has 1 aromatic carbocycles. The predicted octanol–water partition coefficient (Wildman–Crippen LogP) is 2.42. The highest BCUT2D eigenvalue weighted by Gasteiger charge is 2.17. The van der Waals surface area contributed by atoms with E-state index >= 15 is 0 Å². The Morgan fingerprint density at radius 1 is 1.13 bits per heavy atom. The van der Waals surface area contributed by atoms with Gasteiger partial charge in [0.15, 0.2) is 5.78 Å². The number of Topliss-reactive ketones (excluding diaryl/α,β-unsaturated/α-hetero) is 1. The minimum atomic E-state index is -0.896. The van der Waals surface area contributed by atoms with Crippen LogP contribution in [-0.4, -0.2) is 44.2 Å². The van der Waals surface area contributed by atoms with Gasteiger partial charge in [0, 0.05) is 37.3 Å². The fourth-order valence-electron chi connectivity index (χ4n) is 3.16. The molecule has 2 N–H and O–H groups in total. The highest BCUT2D eigenvalue weighted by molar-refractivity contribution is 6.00. The fraction of sp³-hybridized carbons (Fsp3) is 0.304. The molecule has 7 nitrogen and oxygen atoms in total. The molecular formula is C23H26N4O3. The van der Waals surface area contributed by atoms with Crippen molar-refractivity contribution in [3.05, 3.63) is 82.9 Å². The third-order valence-corrected chi connectivity index (χ3v) is 4.49. The summed E-state index contributed by atoms with van der Waals surface area (Å²) in [6.45, 7) is 3.73. The lowest BCUT2D eigenvalue weighted by molar-refractivity contribution is 0.0577. The summed E-state index contributed by atoms with van der Waals surface area (Å²) >= 11 is 0. The highest BCUT2D eigenvalue weighted by Crippen LogP contribution is 2.15. The average Bonchev–Trinajstić information content (AvgIpc) is 3.12. The summed E-state index contributed by atoms with van der Waals surface area (Å²) in [4.78, 5) is 29.5. The van der Waals surface area contributed by atoms with Crippen LogP contribution in [0.5, 0.6) is 0 Å². The number of nitrogens with zero attached hydrogens (tertiary/aromatic N) is 3. The molecule has 7 heteroatoms. The van der Waals surface area contributed by atoms with E-state index in [9.17, 15) is 14.7 Å². The SMILES string of the molecule is CNC(=O)c1cc(C(=O)Cc2cnn(CC(C)(C)O)c2)cc(Cc2ccccc2)n1. The monoisotopic (exact) mass is 406 g/mol. The quantitative estimate of drug-likeness (QED) is 0.560. The second kappa shape index (κ2) is 9.00. The number of hydrogen-bond acceptors (Lipinski definition) is 5. The third-order valence-electron chi connectivity index (χ3n) is 4.49.